The summed E-state index contributed by atoms with van der Waals surface area (Å²) in [5, 5.41) is 3.03. The van der Waals surface area contributed by atoms with Gasteiger partial charge in [-0.1, -0.05) is 0 Å². The average molecular weight is 222 g/mol. The van der Waals surface area contributed by atoms with Gasteiger partial charge in [0, 0.05) is 19.2 Å². The minimum absolute atomic E-state index is 0.273. The number of hydrogen-bond acceptors (Lipinski definition) is 3. The maximum absolute atomic E-state index is 13.3. The Balaban J connectivity index is 2.19. The van der Waals surface area contributed by atoms with Crippen molar-refractivity contribution >= 4 is 16.8 Å². The number of nitrogens with one attached hydrogen (secondary N) is 1. The van der Waals surface area contributed by atoms with Crippen LogP contribution in [0.2, 0.25) is 0 Å². The van der Waals surface area contributed by atoms with Gasteiger partial charge in [-0.3, -0.25) is 0 Å². The van der Waals surface area contributed by atoms with E-state index >= 15 is 0 Å². The number of benzene rings is 1. The summed E-state index contributed by atoms with van der Waals surface area (Å²) in [4.78, 5) is 4.22. The Morgan fingerprint density at radius 3 is 2.88 bits per heavy atom. The van der Waals surface area contributed by atoms with E-state index in [1.54, 1.807) is 20.8 Å². The molecule has 0 saturated carbocycles. The zero-order chi connectivity index (χ0) is 11.8. The predicted molar refractivity (Wildman–Crippen MR) is 62.4 cm³/mol. The van der Waals surface area contributed by atoms with Crippen molar-refractivity contribution in [2.24, 2.45) is 0 Å². The monoisotopic (exact) mass is 222 g/mol. The number of hydrogen-bond donors (Lipinski definition) is 1. The maximum Gasteiger partial charge on any atom is 0.192 e. The zero-order valence-corrected chi connectivity index (χ0v) is 9.67. The van der Waals surface area contributed by atoms with Crippen LogP contribution in [-0.4, -0.2) is 17.2 Å². The third-order valence-electron chi connectivity index (χ3n) is 2.21. The molecule has 0 radical (unpaired) electrons. The van der Waals surface area contributed by atoms with Crippen LogP contribution < -0.4 is 5.32 Å². The van der Waals surface area contributed by atoms with Gasteiger partial charge in [-0.2, -0.15) is 0 Å². The maximum atomic E-state index is 13.3. The van der Waals surface area contributed by atoms with Crippen molar-refractivity contribution in [3.05, 3.63) is 24.1 Å². The number of aromatic nitrogens is 1. The quantitative estimate of drug-likeness (QED) is 0.865. The molecular weight excluding hydrogens is 207 g/mol. The molecule has 0 bridgehead atoms. The third-order valence-corrected chi connectivity index (χ3v) is 2.21. The van der Waals surface area contributed by atoms with Crippen molar-refractivity contribution in [1.29, 1.82) is 0 Å². The van der Waals surface area contributed by atoms with E-state index in [9.17, 15) is 4.39 Å². The number of rotatable bonds is 3. The largest absolute Gasteiger partial charge is 0.441 e. The molecule has 0 aliphatic rings. The minimum Gasteiger partial charge on any atom is -0.441 e. The second-order valence-corrected chi connectivity index (χ2v) is 4.49. The molecule has 1 N–H and O–H groups in total. The van der Waals surface area contributed by atoms with E-state index in [2.05, 4.69) is 10.3 Å². The summed E-state index contributed by atoms with van der Waals surface area (Å²) in [6, 6.07) is 5.55. The molecule has 0 unspecified atom stereocenters. The second-order valence-electron chi connectivity index (χ2n) is 4.49. The van der Waals surface area contributed by atoms with Crippen LogP contribution in [0.4, 0.5) is 10.1 Å². The normalized spacial score (nSPS) is 12.0. The van der Waals surface area contributed by atoms with E-state index in [0.717, 1.165) is 16.8 Å². The van der Waals surface area contributed by atoms with Gasteiger partial charge in [0.05, 0.1) is 0 Å². The number of fused-ring (bicyclic) bond motifs is 1. The Kier molecular flexibility index (Phi) is 2.58. The Bertz CT molecular complexity index is 499. The number of alkyl halides is 1. The molecule has 0 fully saturated rings. The van der Waals surface area contributed by atoms with Gasteiger partial charge in [0.2, 0.25) is 0 Å². The Morgan fingerprint density at radius 1 is 1.44 bits per heavy atom. The molecule has 4 heteroatoms. The van der Waals surface area contributed by atoms with E-state index in [0.29, 0.717) is 5.89 Å². The Morgan fingerprint density at radius 2 is 2.19 bits per heavy atom. The van der Waals surface area contributed by atoms with Crippen LogP contribution >= 0.6 is 0 Å². The summed E-state index contributed by atoms with van der Waals surface area (Å²) in [5.41, 5.74) is 1.17. The molecule has 1 aromatic carbocycles. The molecule has 1 aromatic heterocycles. The smallest absolute Gasteiger partial charge is 0.192 e. The van der Waals surface area contributed by atoms with Crippen molar-refractivity contribution in [2.45, 2.75) is 26.4 Å². The highest BCUT2D eigenvalue weighted by molar-refractivity contribution is 5.77. The number of oxazole rings is 1. The van der Waals surface area contributed by atoms with Crippen LogP contribution in [0.25, 0.3) is 11.1 Å². The summed E-state index contributed by atoms with van der Waals surface area (Å²) in [6.45, 7) is 5.16. The summed E-state index contributed by atoms with van der Waals surface area (Å²) < 4.78 is 18.7. The van der Waals surface area contributed by atoms with Gasteiger partial charge in [0.25, 0.3) is 0 Å². The van der Waals surface area contributed by atoms with E-state index in [1.165, 1.54) is 0 Å². The first-order valence-electron chi connectivity index (χ1n) is 5.24. The minimum atomic E-state index is -1.23. The number of aryl methyl sites for hydroxylation is 1. The highest BCUT2D eigenvalue weighted by Gasteiger charge is 2.14. The van der Waals surface area contributed by atoms with Crippen molar-refractivity contribution < 1.29 is 8.81 Å². The Labute approximate surface area is 93.7 Å². The van der Waals surface area contributed by atoms with Gasteiger partial charge in [-0.15, -0.1) is 0 Å². The fourth-order valence-corrected chi connectivity index (χ4v) is 1.46. The molecule has 2 rings (SSSR count). The fourth-order valence-electron chi connectivity index (χ4n) is 1.46. The van der Waals surface area contributed by atoms with Crippen LogP contribution in [0, 0.1) is 6.92 Å². The molecule has 86 valence electrons. The summed E-state index contributed by atoms with van der Waals surface area (Å²) in [5.74, 6) is 0.637. The molecule has 0 saturated heterocycles. The number of anilines is 1. The fraction of sp³-hybridized carbons (Fsp3) is 0.417. The van der Waals surface area contributed by atoms with E-state index < -0.39 is 5.67 Å². The summed E-state index contributed by atoms with van der Waals surface area (Å²) in [6.07, 6.45) is 0. The van der Waals surface area contributed by atoms with Crippen molar-refractivity contribution in [3.8, 4) is 0 Å². The molecule has 1 heterocycles. The second kappa shape index (κ2) is 3.77. The lowest BCUT2D eigenvalue weighted by Crippen LogP contribution is -2.24. The first-order chi connectivity index (χ1) is 7.44. The van der Waals surface area contributed by atoms with E-state index in [1.807, 2.05) is 18.2 Å². The lowest BCUT2D eigenvalue weighted by atomic mass is 10.1. The van der Waals surface area contributed by atoms with Crippen molar-refractivity contribution in [3.63, 3.8) is 0 Å². The Hall–Kier alpha value is -1.58. The van der Waals surface area contributed by atoms with Gasteiger partial charge >= 0.3 is 0 Å². The van der Waals surface area contributed by atoms with Gasteiger partial charge < -0.3 is 9.73 Å². The van der Waals surface area contributed by atoms with Crippen molar-refractivity contribution in [2.75, 3.05) is 11.9 Å². The highest BCUT2D eigenvalue weighted by Crippen LogP contribution is 2.20. The lowest BCUT2D eigenvalue weighted by Gasteiger charge is -2.15. The predicted octanol–water partition coefficient (Wildman–Crippen LogP) is 3.30. The van der Waals surface area contributed by atoms with Crippen LogP contribution in [0.1, 0.15) is 19.7 Å². The number of nitrogens with zero attached hydrogens (tertiary/aromatic N) is 1. The lowest BCUT2D eigenvalue weighted by molar-refractivity contribution is 0.235. The molecule has 0 amide bonds. The van der Waals surface area contributed by atoms with Gasteiger partial charge in [-0.05, 0) is 32.0 Å². The van der Waals surface area contributed by atoms with Crippen LogP contribution in [0.5, 0.6) is 0 Å². The average Bonchev–Trinajstić information content (AvgIpc) is 2.52. The number of halogens is 1. The third kappa shape index (κ3) is 2.51. The molecule has 0 aliphatic heterocycles. The van der Waals surface area contributed by atoms with Crippen LogP contribution in [-0.2, 0) is 0 Å². The molecule has 16 heavy (non-hydrogen) atoms. The molecule has 3 nitrogen and oxygen atoms in total. The summed E-state index contributed by atoms with van der Waals surface area (Å²) in [7, 11) is 0. The zero-order valence-electron chi connectivity index (χ0n) is 9.67. The van der Waals surface area contributed by atoms with Crippen molar-refractivity contribution in [1.82, 2.24) is 4.98 Å². The summed E-state index contributed by atoms with van der Waals surface area (Å²) >= 11 is 0. The molecular formula is C12H15FN2O. The van der Waals surface area contributed by atoms with Crippen LogP contribution in [0.3, 0.4) is 0 Å². The molecule has 2 aromatic rings. The van der Waals surface area contributed by atoms with E-state index in [4.69, 9.17) is 4.42 Å². The molecule has 0 aliphatic carbocycles. The molecule has 0 spiro atoms. The van der Waals surface area contributed by atoms with Crippen LogP contribution in [0.15, 0.2) is 22.6 Å². The SMILES string of the molecule is Cc1nc2cc(NCC(C)(C)F)ccc2o1. The highest BCUT2D eigenvalue weighted by atomic mass is 19.1. The standard InChI is InChI=1S/C12H15FN2O/c1-8-15-10-6-9(4-5-11(10)16-8)14-7-12(2,3)13/h4-6,14H,7H2,1-3H3. The van der Waals surface area contributed by atoms with Gasteiger partial charge in [0.15, 0.2) is 11.5 Å². The molecule has 0 atom stereocenters. The van der Waals surface area contributed by atoms with E-state index in [-0.39, 0.29) is 6.54 Å². The van der Waals surface area contributed by atoms with Gasteiger partial charge in [-0.25, -0.2) is 9.37 Å². The first kappa shape index (κ1) is 10.9. The van der Waals surface area contributed by atoms with Gasteiger partial charge in [0.1, 0.15) is 11.2 Å². The topological polar surface area (TPSA) is 38.1 Å². The first-order valence-corrected chi connectivity index (χ1v) is 5.24.